The van der Waals surface area contributed by atoms with Gasteiger partial charge in [0.25, 0.3) is 0 Å². The molecule has 0 unspecified atom stereocenters. The Morgan fingerprint density at radius 3 is 2.54 bits per heavy atom. The summed E-state index contributed by atoms with van der Waals surface area (Å²) in [6.07, 6.45) is 5.04. The van der Waals surface area contributed by atoms with E-state index in [-0.39, 0.29) is 4.90 Å². The smallest absolute Gasteiger partial charge is 0.326 e. The second-order valence-corrected chi connectivity index (χ2v) is 8.11. The summed E-state index contributed by atoms with van der Waals surface area (Å²) in [5.74, 6) is -0.889. The zero-order chi connectivity index (χ0) is 17.3. The van der Waals surface area contributed by atoms with Crippen molar-refractivity contribution in [3.63, 3.8) is 0 Å². The van der Waals surface area contributed by atoms with Crippen LogP contribution in [0, 0.1) is 0 Å². The molecular formula is C17H22N2O4S. The van der Waals surface area contributed by atoms with E-state index in [9.17, 15) is 18.3 Å². The van der Waals surface area contributed by atoms with Gasteiger partial charge in [-0.05, 0) is 43.5 Å². The minimum atomic E-state index is -3.48. The number of aromatic nitrogens is 1. The van der Waals surface area contributed by atoms with Crippen LogP contribution in [0.15, 0.2) is 35.4 Å². The van der Waals surface area contributed by atoms with Crippen molar-refractivity contribution in [1.29, 1.82) is 0 Å². The van der Waals surface area contributed by atoms with Gasteiger partial charge < -0.3 is 9.67 Å². The molecule has 0 aliphatic carbocycles. The molecule has 0 radical (unpaired) electrons. The number of carbonyl (C=O) groups is 1. The molecule has 24 heavy (non-hydrogen) atoms. The van der Waals surface area contributed by atoms with E-state index in [1.807, 2.05) is 6.92 Å². The Morgan fingerprint density at radius 1 is 1.21 bits per heavy atom. The van der Waals surface area contributed by atoms with Crippen LogP contribution in [0.3, 0.4) is 0 Å². The second-order valence-electron chi connectivity index (χ2n) is 6.17. The lowest BCUT2D eigenvalue weighted by molar-refractivity contribution is -0.140. The number of benzene rings is 1. The first-order valence-corrected chi connectivity index (χ1v) is 9.72. The molecule has 1 aliphatic heterocycles. The van der Waals surface area contributed by atoms with Crippen molar-refractivity contribution in [2.75, 3.05) is 13.1 Å². The topological polar surface area (TPSA) is 79.6 Å². The maximum absolute atomic E-state index is 12.8. The van der Waals surface area contributed by atoms with Gasteiger partial charge in [-0.2, -0.15) is 4.31 Å². The SMILES string of the molecule is CC[C@@H](C(=O)O)n1ccc2cc(S(=O)(=O)N3CCCCC3)ccc21. The molecule has 0 saturated carbocycles. The largest absolute Gasteiger partial charge is 0.480 e. The van der Waals surface area contributed by atoms with Gasteiger partial charge >= 0.3 is 5.97 Å². The molecule has 3 rings (SSSR count). The van der Waals surface area contributed by atoms with Crippen molar-refractivity contribution in [1.82, 2.24) is 8.87 Å². The number of hydrogen-bond donors (Lipinski definition) is 1. The molecule has 1 atom stereocenters. The minimum absolute atomic E-state index is 0.276. The van der Waals surface area contributed by atoms with E-state index in [2.05, 4.69) is 0 Å². The summed E-state index contributed by atoms with van der Waals surface area (Å²) in [5.41, 5.74) is 0.738. The van der Waals surface area contributed by atoms with Crippen molar-refractivity contribution in [2.24, 2.45) is 0 Å². The van der Waals surface area contributed by atoms with Crippen molar-refractivity contribution in [2.45, 2.75) is 43.5 Å². The normalized spacial score (nSPS) is 17.9. The molecule has 1 aromatic carbocycles. The number of carboxylic acid groups (broad SMARTS) is 1. The van der Waals surface area contributed by atoms with Crippen LogP contribution < -0.4 is 0 Å². The van der Waals surface area contributed by atoms with Gasteiger partial charge in [-0.15, -0.1) is 0 Å². The van der Waals surface area contributed by atoms with Crippen LogP contribution in [0.2, 0.25) is 0 Å². The van der Waals surface area contributed by atoms with Crippen LogP contribution in [-0.4, -0.2) is 41.5 Å². The van der Waals surface area contributed by atoms with Gasteiger partial charge in [-0.1, -0.05) is 13.3 Å². The third-order valence-corrected chi connectivity index (χ3v) is 6.55. The Balaban J connectivity index is 1.99. The van der Waals surface area contributed by atoms with E-state index in [4.69, 9.17) is 0 Å². The number of fused-ring (bicyclic) bond motifs is 1. The zero-order valence-corrected chi connectivity index (χ0v) is 14.5. The quantitative estimate of drug-likeness (QED) is 0.899. The van der Waals surface area contributed by atoms with Crippen LogP contribution >= 0.6 is 0 Å². The number of aliphatic carboxylic acids is 1. The summed E-state index contributed by atoms with van der Waals surface area (Å²) in [5, 5.41) is 10.1. The van der Waals surface area contributed by atoms with E-state index in [1.165, 1.54) is 0 Å². The highest BCUT2D eigenvalue weighted by Gasteiger charge is 2.26. The molecule has 0 bridgehead atoms. The molecule has 6 nitrogen and oxygen atoms in total. The summed E-state index contributed by atoms with van der Waals surface area (Å²) in [6.45, 7) is 2.95. The number of nitrogens with zero attached hydrogens (tertiary/aromatic N) is 2. The van der Waals surface area contributed by atoms with Crippen LogP contribution in [0.1, 0.15) is 38.6 Å². The van der Waals surface area contributed by atoms with Crippen molar-refractivity contribution >= 4 is 26.9 Å². The molecule has 1 aromatic heterocycles. The fourth-order valence-electron chi connectivity index (χ4n) is 3.32. The number of hydrogen-bond acceptors (Lipinski definition) is 3. The lowest BCUT2D eigenvalue weighted by Gasteiger charge is -2.26. The average molecular weight is 350 g/mol. The predicted octanol–water partition coefficient (Wildman–Crippen LogP) is 2.85. The Hall–Kier alpha value is -1.86. The van der Waals surface area contributed by atoms with Crippen LogP contribution in [-0.2, 0) is 14.8 Å². The van der Waals surface area contributed by atoms with Gasteiger partial charge in [0.1, 0.15) is 6.04 Å². The zero-order valence-electron chi connectivity index (χ0n) is 13.7. The molecule has 2 aromatic rings. The van der Waals surface area contributed by atoms with Gasteiger partial charge in [0.05, 0.1) is 4.90 Å². The lowest BCUT2D eigenvalue weighted by Crippen LogP contribution is -2.35. The van der Waals surface area contributed by atoms with E-state index in [0.717, 1.165) is 30.2 Å². The Kier molecular flexibility index (Phi) is 4.64. The van der Waals surface area contributed by atoms with Gasteiger partial charge in [-0.3, -0.25) is 0 Å². The van der Waals surface area contributed by atoms with Crippen molar-refractivity contribution in [3.05, 3.63) is 30.5 Å². The fourth-order valence-corrected chi connectivity index (χ4v) is 4.87. The first kappa shape index (κ1) is 17.0. The van der Waals surface area contributed by atoms with Crippen molar-refractivity contribution in [3.8, 4) is 0 Å². The lowest BCUT2D eigenvalue weighted by atomic mass is 10.2. The third kappa shape index (κ3) is 2.93. The first-order chi connectivity index (χ1) is 11.4. The van der Waals surface area contributed by atoms with E-state index < -0.39 is 22.0 Å². The van der Waals surface area contributed by atoms with E-state index in [1.54, 1.807) is 39.3 Å². The molecule has 1 aliphatic rings. The maximum atomic E-state index is 12.8. The number of rotatable bonds is 5. The fraction of sp³-hybridized carbons (Fsp3) is 0.471. The highest BCUT2D eigenvalue weighted by Crippen LogP contribution is 2.27. The van der Waals surface area contributed by atoms with Crippen LogP contribution in [0.25, 0.3) is 10.9 Å². The van der Waals surface area contributed by atoms with E-state index in [0.29, 0.717) is 19.5 Å². The summed E-state index contributed by atoms with van der Waals surface area (Å²) >= 11 is 0. The highest BCUT2D eigenvalue weighted by atomic mass is 32.2. The number of carboxylic acids is 1. The summed E-state index contributed by atoms with van der Waals surface area (Å²) in [7, 11) is -3.48. The summed E-state index contributed by atoms with van der Waals surface area (Å²) < 4.78 is 28.8. The summed E-state index contributed by atoms with van der Waals surface area (Å²) in [4.78, 5) is 11.7. The Morgan fingerprint density at radius 2 is 1.92 bits per heavy atom. The highest BCUT2D eigenvalue weighted by molar-refractivity contribution is 7.89. The molecule has 2 heterocycles. The van der Waals surface area contributed by atoms with Gasteiger partial charge in [-0.25, -0.2) is 13.2 Å². The molecule has 7 heteroatoms. The first-order valence-electron chi connectivity index (χ1n) is 8.28. The molecule has 130 valence electrons. The summed E-state index contributed by atoms with van der Waals surface area (Å²) in [6, 6.07) is 6.06. The minimum Gasteiger partial charge on any atom is -0.480 e. The molecule has 1 saturated heterocycles. The number of sulfonamides is 1. The average Bonchev–Trinajstić information content (AvgIpc) is 2.99. The van der Waals surface area contributed by atoms with Gasteiger partial charge in [0.15, 0.2) is 0 Å². The molecule has 0 amide bonds. The predicted molar refractivity (Wildman–Crippen MR) is 91.5 cm³/mol. The van der Waals surface area contributed by atoms with E-state index >= 15 is 0 Å². The second kappa shape index (κ2) is 6.57. The monoisotopic (exact) mass is 350 g/mol. The molecule has 0 spiro atoms. The molecule has 1 N–H and O–H groups in total. The van der Waals surface area contributed by atoms with Crippen LogP contribution in [0.5, 0.6) is 0 Å². The van der Waals surface area contributed by atoms with Gasteiger partial charge in [0, 0.05) is 30.2 Å². The maximum Gasteiger partial charge on any atom is 0.326 e. The molecule has 1 fully saturated rings. The van der Waals surface area contributed by atoms with Gasteiger partial charge in [0.2, 0.25) is 10.0 Å². The van der Waals surface area contributed by atoms with Crippen molar-refractivity contribution < 1.29 is 18.3 Å². The number of piperidine rings is 1. The standard InChI is InChI=1S/C17H22N2O4S/c1-2-15(17(20)21)19-11-8-13-12-14(6-7-16(13)19)24(22,23)18-9-4-3-5-10-18/h6-8,11-12,15H,2-5,9-10H2,1H3,(H,20,21)/t15-/m0/s1. The Labute approximate surface area is 141 Å². The third-order valence-electron chi connectivity index (χ3n) is 4.65. The van der Waals surface area contributed by atoms with Crippen LogP contribution in [0.4, 0.5) is 0 Å². The Bertz CT molecular complexity index is 851. The molecular weight excluding hydrogens is 328 g/mol.